The Bertz CT molecular complexity index is 2460. The third-order valence-electron chi connectivity index (χ3n) is 9.48. The number of ether oxygens (including phenoxy) is 2. The van der Waals surface area contributed by atoms with Crippen molar-refractivity contribution in [2.24, 2.45) is 0 Å². The monoisotopic (exact) mass is 713 g/mol. The van der Waals surface area contributed by atoms with E-state index in [0.29, 0.717) is 70.0 Å². The third kappa shape index (κ3) is 5.69. The van der Waals surface area contributed by atoms with E-state index in [2.05, 4.69) is 10.2 Å². The Morgan fingerprint density at radius 3 is 2.51 bits per heavy atom. The number of carbonyl (C=O) groups excluding carboxylic acids is 1. The molecule has 262 valence electrons. The van der Waals surface area contributed by atoms with Gasteiger partial charge in [-0.25, -0.2) is 22.2 Å². The minimum Gasteiger partial charge on any atom is -0.466 e. The molecule has 6 aromatic rings. The van der Waals surface area contributed by atoms with Crippen LogP contribution < -0.4 is 14.4 Å². The van der Waals surface area contributed by atoms with Gasteiger partial charge in [-0.3, -0.25) is 14.0 Å². The van der Waals surface area contributed by atoms with E-state index in [9.17, 15) is 17.6 Å². The van der Waals surface area contributed by atoms with E-state index in [0.717, 1.165) is 23.7 Å². The van der Waals surface area contributed by atoms with E-state index in [-0.39, 0.29) is 28.4 Å². The summed E-state index contributed by atoms with van der Waals surface area (Å²) in [4.78, 5) is 20.6. The zero-order chi connectivity index (χ0) is 35.6. The van der Waals surface area contributed by atoms with Crippen molar-refractivity contribution in [3.05, 3.63) is 90.0 Å². The van der Waals surface area contributed by atoms with Gasteiger partial charge in [0, 0.05) is 55.2 Å². The summed E-state index contributed by atoms with van der Waals surface area (Å²) in [7, 11) is -0.881. The zero-order valence-electron chi connectivity index (χ0n) is 27.9. The molecule has 0 spiro atoms. The minimum atomic E-state index is -3.79. The van der Waals surface area contributed by atoms with E-state index < -0.39 is 28.0 Å². The molecule has 1 atom stereocenters. The standard InChI is InChI=1S/C37H33F2N5O6S/c1-40-37(45)34-25-17-24(29(42(2)51(3,46)47)19-32(25)50-36(34)21-7-9-22(38)10-8-21)27-11-12-31-35(41-27)30-18-23-26(39)5-4-6-28(23)44(30)33(49-31)20-43-13-15-48-16-14-43/h4-12,17-19,33H,13-16,20H2,1-3H3,(H,40,45). The summed E-state index contributed by atoms with van der Waals surface area (Å²) in [6.07, 6.45) is 0.602. The number of nitrogens with one attached hydrogen (secondary N) is 1. The van der Waals surface area contributed by atoms with Gasteiger partial charge in [-0.2, -0.15) is 0 Å². The molecule has 8 rings (SSSR count). The van der Waals surface area contributed by atoms with Crippen molar-refractivity contribution < 1.29 is 35.9 Å². The normalized spacial score (nSPS) is 16.1. The van der Waals surface area contributed by atoms with Gasteiger partial charge in [0.15, 0.2) is 6.23 Å². The molecule has 1 amide bonds. The molecule has 0 aliphatic carbocycles. The lowest BCUT2D eigenvalue weighted by atomic mass is 10.0. The van der Waals surface area contributed by atoms with Crippen molar-refractivity contribution in [3.63, 3.8) is 0 Å². The topological polar surface area (TPSA) is 119 Å². The molecule has 2 aliphatic rings. The smallest absolute Gasteiger partial charge is 0.255 e. The van der Waals surface area contributed by atoms with E-state index in [1.54, 1.807) is 36.4 Å². The van der Waals surface area contributed by atoms with Crippen LogP contribution in [0.1, 0.15) is 16.6 Å². The first-order chi connectivity index (χ1) is 24.5. The van der Waals surface area contributed by atoms with Crippen LogP contribution in [-0.2, 0) is 14.8 Å². The van der Waals surface area contributed by atoms with Gasteiger partial charge >= 0.3 is 0 Å². The molecule has 2 aliphatic heterocycles. The van der Waals surface area contributed by atoms with E-state index in [1.807, 2.05) is 10.6 Å². The lowest BCUT2D eigenvalue weighted by Gasteiger charge is -2.35. The first-order valence-corrected chi connectivity index (χ1v) is 18.2. The highest BCUT2D eigenvalue weighted by Crippen LogP contribution is 2.45. The van der Waals surface area contributed by atoms with Crippen molar-refractivity contribution >= 4 is 43.5 Å². The molecule has 51 heavy (non-hydrogen) atoms. The molecule has 0 bridgehead atoms. The fourth-order valence-electron chi connectivity index (χ4n) is 6.84. The number of anilines is 1. The molecule has 14 heteroatoms. The molecule has 11 nitrogen and oxygen atoms in total. The summed E-state index contributed by atoms with van der Waals surface area (Å²) in [6, 6.07) is 18.9. The van der Waals surface area contributed by atoms with Crippen LogP contribution in [0.2, 0.25) is 0 Å². The molecule has 1 fully saturated rings. The van der Waals surface area contributed by atoms with E-state index in [1.165, 1.54) is 44.4 Å². The molecule has 1 saturated heterocycles. The molecule has 5 heterocycles. The van der Waals surface area contributed by atoms with Crippen LogP contribution in [0.5, 0.6) is 5.75 Å². The maximum atomic E-state index is 15.2. The summed E-state index contributed by atoms with van der Waals surface area (Å²) < 4.78 is 76.4. The first-order valence-electron chi connectivity index (χ1n) is 16.3. The van der Waals surface area contributed by atoms with Crippen molar-refractivity contribution in [2.75, 3.05) is 57.5 Å². The molecule has 3 aromatic heterocycles. The van der Waals surface area contributed by atoms with Crippen LogP contribution in [0, 0.1) is 11.6 Å². The highest BCUT2D eigenvalue weighted by atomic mass is 32.2. The van der Waals surface area contributed by atoms with Gasteiger partial charge in [0.2, 0.25) is 10.0 Å². The van der Waals surface area contributed by atoms with Gasteiger partial charge in [0.05, 0.1) is 54.2 Å². The Morgan fingerprint density at radius 1 is 1.02 bits per heavy atom. The predicted molar refractivity (Wildman–Crippen MR) is 189 cm³/mol. The average molecular weight is 714 g/mol. The number of hydrogen-bond acceptors (Lipinski definition) is 8. The number of rotatable bonds is 7. The summed E-state index contributed by atoms with van der Waals surface area (Å²) in [5, 5.41) is 3.46. The number of sulfonamides is 1. The lowest BCUT2D eigenvalue weighted by Crippen LogP contribution is -2.41. The van der Waals surface area contributed by atoms with Crippen LogP contribution in [0.4, 0.5) is 14.5 Å². The third-order valence-corrected chi connectivity index (χ3v) is 10.7. The molecule has 1 unspecified atom stereocenters. The lowest BCUT2D eigenvalue weighted by molar-refractivity contribution is 0.00441. The average Bonchev–Trinajstić information content (AvgIpc) is 3.71. The Labute approximate surface area is 292 Å². The minimum absolute atomic E-state index is 0.191. The second kappa shape index (κ2) is 12.5. The van der Waals surface area contributed by atoms with Gasteiger partial charge in [0.25, 0.3) is 5.91 Å². The van der Waals surface area contributed by atoms with Crippen LogP contribution >= 0.6 is 0 Å². The number of nitrogens with zero attached hydrogens (tertiary/aromatic N) is 4. The van der Waals surface area contributed by atoms with E-state index >= 15 is 4.39 Å². The number of carbonyl (C=O) groups is 1. The first kappa shape index (κ1) is 32.9. The second-order valence-corrected chi connectivity index (χ2v) is 14.6. The van der Waals surface area contributed by atoms with E-state index in [4.69, 9.17) is 18.9 Å². The van der Waals surface area contributed by atoms with Crippen LogP contribution in [-0.4, -0.2) is 82.0 Å². The number of morpholine rings is 1. The Hall–Kier alpha value is -5.31. The molecule has 3 aromatic carbocycles. The van der Waals surface area contributed by atoms with Crippen LogP contribution in [0.3, 0.4) is 0 Å². The number of pyridine rings is 1. The number of hydrogen-bond donors (Lipinski definition) is 1. The zero-order valence-corrected chi connectivity index (χ0v) is 28.8. The van der Waals surface area contributed by atoms with Crippen molar-refractivity contribution in [3.8, 4) is 39.7 Å². The highest BCUT2D eigenvalue weighted by Gasteiger charge is 2.33. The number of aromatic nitrogens is 2. The largest absolute Gasteiger partial charge is 0.466 e. The summed E-state index contributed by atoms with van der Waals surface area (Å²) in [5.74, 6) is -0.600. The molecule has 0 radical (unpaired) electrons. The summed E-state index contributed by atoms with van der Waals surface area (Å²) >= 11 is 0. The Balaban J connectivity index is 1.33. The number of halogens is 2. The van der Waals surface area contributed by atoms with Gasteiger partial charge in [-0.15, -0.1) is 0 Å². The number of fused-ring (bicyclic) bond motifs is 6. The number of amides is 1. The predicted octanol–water partition coefficient (Wildman–Crippen LogP) is 6.04. The molecular formula is C37H33F2N5O6S. The fraction of sp³-hybridized carbons (Fsp3) is 0.243. The Morgan fingerprint density at radius 2 is 1.78 bits per heavy atom. The Kier molecular flexibility index (Phi) is 8.04. The molecule has 1 N–H and O–H groups in total. The highest BCUT2D eigenvalue weighted by molar-refractivity contribution is 7.92. The quantitative estimate of drug-likeness (QED) is 0.213. The summed E-state index contributed by atoms with van der Waals surface area (Å²) in [5.41, 5.74) is 3.64. The summed E-state index contributed by atoms with van der Waals surface area (Å²) in [6.45, 7) is 3.24. The van der Waals surface area contributed by atoms with Crippen LogP contribution in [0.15, 0.2) is 77.2 Å². The van der Waals surface area contributed by atoms with Crippen LogP contribution in [0.25, 0.3) is 55.8 Å². The van der Waals surface area contributed by atoms with Gasteiger partial charge in [-0.05, 0) is 60.7 Å². The number of benzene rings is 3. The maximum Gasteiger partial charge on any atom is 0.255 e. The van der Waals surface area contributed by atoms with Crippen molar-refractivity contribution in [1.29, 1.82) is 0 Å². The number of furan rings is 1. The van der Waals surface area contributed by atoms with Gasteiger partial charge < -0.3 is 23.8 Å². The molecular weight excluding hydrogens is 680 g/mol. The van der Waals surface area contributed by atoms with Gasteiger partial charge in [0.1, 0.15) is 34.4 Å². The maximum absolute atomic E-state index is 15.2. The fourth-order valence-corrected chi connectivity index (χ4v) is 7.34. The van der Waals surface area contributed by atoms with Crippen molar-refractivity contribution in [1.82, 2.24) is 19.8 Å². The van der Waals surface area contributed by atoms with Crippen molar-refractivity contribution in [2.45, 2.75) is 6.23 Å². The molecule has 0 saturated carbocycles. The van der Waals surface area contributed by atoms with Gasteiger partial charge in [-0.1, -0.05) is 6.07 Å². The SMILES string of the molecule is CNC(=O)c1c(-c2ccc(F)cc2)oc2cc(N(C)S(C)(=O)=O)c(-c3ccc4c(n3)-c3cc5c(F)cccc5n3C(CN3CCOCC3)O4)cc12. The second-order valence-electron chi connectivity index (χ2n) is 12.6.